The van der Waals surface area contributed by atoms with Gasteiger partial charge in [0.15, 0.2) is 0 Å². The van der Waals surface area contributed by atoms with Crippen LogP contribution in [0.3, 0.4) is 0 Å². The number of carbonyl (C=O) groups is 3. The molecular weight excluding hydrogens is 359 g/mol. The summed E-state index contributed by atoms with van der Waals surface area (Å²) in [5.74, 6) is -1.17. The molecule has 1 aromatic carbocycles. The van der Waals surface area contributed by atoms with Gasteiger partial charge in [-0.1, -0.05) is 11.6 Å². The summed E-state index contributed by atoms with van der Waals surface area (Å²) in [4.78, 5) is 41.2. The first-order chi connectivity index (χ1) is 13.5. The SMILES string of the molecule is O=C1CC(N(CCC2=CCCCC2)C(=O)C2CC2)C(=O)N1c1ccc(F)cc1. The van der Waals surface area contributed by atoms with Crippen molar-refractivity contribution in [3.05, 3.63) is 41.7 Å². The van der Waals surface area contributed by atoms with Crippen LogP contribution in [-0.2, 0) is 14.4 Å². The fourth-order valence-electron chi connectivity index (χ4n) is 4.10. The molecule has 4 rings (SSSR count). The fourth-order valence-corrected chi connectivity index (χ4v) is 4.10. The summed E-state index contributed by atoms with van der Waals surface area (Å²) in [7, 11) is 0. The molecule has 5 nitrogen and oxygen atoms in total. The summed E-state index contributed by atoms with van der Waals surface area (Å²) in [5, 5.41) is 0. The molecule has 0 radical (unpaired) electrons. The highest BCUT2D eigenvalue weighted by Crippen LogP contribution is 2.34. The van der Waals surface area contributed by atoms with Crippen molar-refractivity contribution in [2.24, 2.45) is 5.92 Å². The minimum atomic E-state index is -0.755. The van der Waals surface area contributed by atoms with Gasteiger partial charge in [-0.05, 0) is 69.2 Å². The van der Waals surface area contributed by atoms with Gasteiger partial charge in [-0.15, -0.1) is 0 Å². The van der Waals surface area contributed by atoms with E-state index in [4.69, 9.17) is 0 Å². The second kappa shape index (κ2) is 7.86. The third-order valence-electron chi connectivity index (χ3n) is 5.85. The Hall–Kier alpha value is -2.50. The molecule has 1 aliphatic heterocycles. The molecule has 3 aliphatic rings. The summed E-state index contributed by atoms with van der Waals surface area (Å²) in [6, 6.07) is 4.55. The highest BCUT2D eigenvalue weighted by molar-refractivity contribution is 6.23. The van der Waals surface area contributed by atoms with Gasteiger partial charge in [-0.25, -0.2) is 9.29 Å². The molecule has 0 N–H and O–H groups in total. The summed E-state index contributed by atoms with van der Waals surface area (Å²) >= 11 is 0. The normalized spacial score (nSPS) is 22.4. The molecule has 1 saturated carbocycles. The van der Waals surface area contributed by atoms with E-state index in [-0.39, 0.29) is 30.1 Å². The van der Waals surface area contributed by atoms with Crippen molar-refractivity contribution in [3.63, 3.8) is 0 Å². The lowest BCUT2D eigenvalue weighted by Crippen LogP contribution is -2.46. The van der Waals surface area contributed by atoms with Gasteiger partial charge in [0.05, 0.1) is 12.1 Å². The summed E-state index contributed by atoms with van der Waals surface area (Å²) in [5.41, 5.74) is 1.69. The molecule has 2 aliphatic carbocycles. The van der Waals surface area contributed by atoms with Gasteiger partial charge < -0.3 is 4.90 Å². The Morgan fingerprint density at radius 1 is 1.14 bits per heavy atom. The molecule has 28 heavy (non-hydrogen) atoms. The smallest absolute Gasteiger partial charge is 0.257 e. The number of imide groups is 1. The minimum absolute atomic E-state index is 0.00623. The van der Waals surface area contributed by atoms with E-state index in [1.54, 1.807) is 4.90 Å². The van der Waals surface area contributed by atoms with Crippen LogP contribution in [0.1, 0.15) is 51.4 Å². The molecule has 0 aromatic heterocycles. The predicted molar refractivity (Wildman–Crippen MR) is 103 cm³/mol. The molecule has 1 heterocycles. The van der Waals surface area contributed by atoms with Gasteiger partial charge >= 0.3 is 0 Å². The molecule has 6 heteroatoms. The van der Waals surface area contributed by atoms with Crippen LogP contribution in [0.2, 0.25) is 0 Å². The quantitative estimate of drug-likeness (QED) is 0.556. The molecule has 1 unspecified atom stereocenters. The van der Waals surface area contributed by atoms with E-state index in [0.717, 1.165) is 37.0 Å². The largest absolute Gasteiger partial charge is 0.330 e. The second-order valence-corrected chi connectivity index (χ2v) is 7.93. The van der Waals surface area contributed by atoms with Gasteiger partial charge in [-0.2, -0.15) is 0 Å². The molecule has 1 aromatic rings. The van der Waals surface area contributed by atoms with Crippen LogP contribution in [0.25, 0.3) is 0 Å². The predicted octanol–water partition coefficient (Wildman–Crippen LogP) is 3.59. The van der Waals surface area contributed by atoms with Crippen molar-refractivity contribution >= 4 is 23.4 Å². The Morgan fingerprint density at radius 3 is 2.54 bits per heavy atom. The molecule has 2 fully saturated rings. The monoisotopic (exact) mass is 384 g/mol. The molecule has 0 bridgehead atoms. The Bertz CT molecular complexity index is 814. The summed E-state index contributed by atoms with van der Waals surface area (Å²) in [6.45, 7) is 0.474. The van der Waals surface area contributed by atoms with Gasteiger partial charge in [0.2, 0.25) is 11.8 Å². The van der Waals surface area contributed by atoms with Crippen molar-refractivity contribution in [2.45, 2.75) is 57.4 Å². The Balaban J connectivity index is 1.52. The maximum Gasteiger partial charge on any atom is 0.257 e. The number of benzene rings is 1. The standard InChI is InChI=1S/C22H25FN2O3/c23-17-8-10-18(11-9-17)25-20(26)14-19(22(25)28)24(21(27)16-6-7-16)13-12-15-4-2-1-3-5-15/h4,8-11,16,19H,1-3,5-7,12-14H2. The lowest BCUT2D eigenvalue weighted by Gasteiger charge is -2.28. The number of amides is 3. The number of halogens is 1. The Labute approximate surface area is 164 Å². The second-order valence-electron chi connectivity index (χ2n) is 7.93. The average Bonchev–Trinajstić information content (AvgIpc) is 3.50. The fraction of sp³-hybridized carbons (Fsp3) is 0.500. The maximum absolute atomic E-state index is 13.2. The zero-order valence-electron chi connectivity index (χ0n) is 15.9. The van der Waals surface area contributed by atoms with Crippen molar-refractivity contribution in [1.29, 1.82) is 0 Å². The zero-order valence-corrected chi connectivity index (χ0v) is 15.9. The van der Waals surface area contributed by atoms with Crippen LogP contribution in [0.5, 0.6) is 0 Å². The summed E-state index contributed by atoms with van der Waals surface area (Å²) in [6.07, 6.45) is 9.20. The van der Waals surface area contributed by atoms with E-state index in [1.165, 1.54) is 42.7 Å². The van der Waals surface area contributed by atoms with Gasteiger partial charge in [0, 0.05) is 12.5 Å². The molecular formula is C22H25FN2O3. The van der Waals surface area contributed by atoms with Crippen LogP contribution >= 0.6 is 0 Å². The number of rotatable bonds is 6. The zero-order chi connectivity index (χ0) is 19.7. The lowest BCUT2D eigenvalue weighted by molar-refractivity contribution is -0.139. The first-order valence-electron chi connectivity index (χ1n) is 10.2. The third-order valence-corrected chi connectivity index (χ3v) is 5.85. The Morgan fingerprint density at radius 2 is 1.89 bits per heavy atom. The van der Waals surface area contributed by atoms with Gasteiger partial charge in [-0.3, -0.25) is 14.4 Å². The maximum atomic E-state index is 13.2. The van der Waals surface area contributed by atoms with Gasteiger partial charge in [0.25, 0.3) is 5.91 Å². The first kappa shape index (κ1) is 18.8. The number of hydrogen-bond donors (Lipinski definition) is 0. The molecule has 1 saturated heterocycles. The van der Waals surface area contributed by atoms with E-state index in [2.05, 4.69) is 6.08 Å². The first-order valence-corrected chi connectivity index (χ1v) is 10.2. The molecule has 148 valence electrons. The molecule has 3 amide bonds. The highest BCUT2D eigenvalue weighted by Gasteiger charge is 2.46. The van der Waals surface area contributed by atoms with Crippen molar-refractivity contribution in [2.75, 3.05) is 11.4 Å². The van der Waals surface area contributed by atoms with Crippen LogP contribution < -0.4 is 4.90 Å². The van der Waals surface area contributed by atoms with Crippen molar-refractivity contribution < 1.29 is 18.8 Å². The lowest BCUT2D eigenvalue weighted by atomic mass is 9.97. The number of nitrogens with zero attached hydrogens (tertiary/aromatic N) is 2. The van der Waals surface area contributed by atoms with Gasteiger partial charge in [0.1, 0.15) is 11.9 Å². The minimum Gasteiger partial charge on any atom is -0.330 e. The summed E-state index contributed by atoms with van der Waals surface area (Å²) < 4.78 is 13.2. The topological polar surface area (TPSA) is 57.7 Å². The van der Waals surface area contributed by atoms with Crippen molar-refractivity contribution in [1.82, 2.24) is 4.90 Å². The van der Waals surface area contributed by atoms with E-state index in [9.17, 15) is 18.8 Å². The molecule has 0 spiro atoms. The van der Waals surface area contributed by atoms with Crippen LogP contribution in [0.4, 0.5) is 10.1 Å². The van der Waals surface area contributed by atoms with E-state index >= 15 is 0 Å². The number of hydrogen-bond acceptors (Lipinski definition) is 3. The van der Waals surface area contributed by atoms with E-state index < -0.39 is 11.9 Å². The van der Waals surface area contributed by atoms with Crippen molar-refractivity contribution in [3.8, 4) is 0 Å². The van der Waals surface area contributed by atoms with Crippen LogP contribution in [0, 0.1) is 11.7 Å². The number of allylic oxidation sites excluding steroid dienone is 1. The van der Waals surface area contributed by atoms with E-state index in [0.29, 0.717) is 12.2 Å². The van der Waals surface area contributed by atoms with Crippen LogP contribution in [-0.4, -0.2) is 35.2 Å². The van der Waals surface area contributed by atoms with E-state index in [1.807, 2.05) is 0 Å². The highest BCUT2D eigenvalue weighted by atomic mass is 19.1. The number of carbonyl (C=O) groups excluding carboxylic acids is 3. The average molecular weight is 384 g/mol. The molecule has 1 atom stereocenters. The Kier molecular flexibility index (Phi) is 5.29. The third kappa shape index (κ3) is 3.86. The van der Waals surface area contributed by atoms with Crippen LogP contribution in [0.15, 0.2) is 35.9 Å². The number of anilines is 1.